The molecule has 4 heterocycles. The molecule has 16 heteroatoms. The van der Waals surface area contributed by atoms with E-state index < -0.39 is 45.7 Å². The standard InChI is InChI=1S/C31H33Cl2F3N6O5/c1-29(2,3)47-28(45)40-10-8-30(9-11-40)15-20(33)24-23(30)26(44)42-27(38-25(39-42)17-6-12-46-13-7-17)41(24)16-22(43)37-21-5-4-18(14-19(21)32)31(34,35)36/h4-6,14,20H,7-13,15-16H2,1-3H3,(H,37,43). The molecule has 2 amide bonds. The van der Waals surface area contributed by atoms with Crippen molar-refractivity contribution < 1.29 is 32.2 Å². The van der Waals surface area contributed by atoms with Crippen molar-refractivity contribution in [2.75, 3.05) is 31.6 Å². The highest BCUT2D eigenvalue weighted by Crippen LogP contribution is 2.52. The number of hydrogen-bond acceptors (Lipinski definition) is 7. The molecular formula is C31H33Cl2F3N6O5. The van der Waals surface area contributed by atoms with Gasteiger partial charge in [-0.15, -0.1) is 16.7 Å². The molecule has 1 spiro atoms. The Morgan fingerprint density at radius 1 is 1.19 bits per heavy atom. The van der Waals surface area contributed by atoms with E-state index in [9.17, 15) is 27.6 Å². The number of piperidine rings is 1. The average Bonchev–Trinajstić information content (AvgIpc) is 3.56. The highest BCUT2D eigenvalue weighted by molar-refractivity contribution is 6.33. The van der Waals surface area contributed by atoms with E-state index in [1.165, 1.54) is 4.52 Å². The third kappa shape index (κ3) is 6.47. The molecule has 0 radical (unpaired) electrons. The van der Waals surface area contributed by atoms with E-state index in [0.29, 0.717) is 69.1 Å². The number of likely N-dealkylation sites (tertiary alicyclic amines) is 1. The highest BCUT2D eigenvalue weighted by atomic mass is 35.5. The van der Waals surface area contributed by atoms with Crippen molar-refractivity contribution in [2.45, 2.75) is 75.6 Å². The van der Waals surface area contributed by atoms with Crippen molar-refractivity contribution in [2.24, 2.45) is 0 Å². The van der Waals surface area contributed by atoms with Gasteiger partial charge < -0.3 is 24.3 Å². The van der Waals surface area contributed by atoms with Gasteiger partial charge in [0.05, 0.1) is 34.9 Å². The monoisotopic (exact) mass is 696 g/mol. The molecule has 11 nitrogen and oxygen atoms in total. The molecule has 1 saturated heterocycles. The normalized spacial score (nSPS) is 19.5. The molecule has 1 unspecified atom stereocenters. The van der Waals surface area contributed by atoms with Crippen LogP contribution in [-0.4, -0.2) is 68.0 Å². The molecule has 0 bridgehead atoms. The van der Waals surface area contributed by atoms with Crippen LogP contribution in [0.15, 0.2) is 29.1 Å². The van der Waals surface area contributed by atoms with Crippen LogP contribution >= 0.6 is 23.2 Å². The summed E-state index contributed by atoms with van der Waals surface area (Å²) in [5.74, 6) is -0.216. The van der Waals surface area contributed by atoms with Crippen LogP contribution in [0.1, 0.15) is 74.5 Å². The van der Waals surface area contributed by atoms with Gasteiger partial charge in [0.25, 0.3) is 5.56 Å². The Balaban J connectivity index is 1.39. The Morgan fingerprint density at radius 3 is 2.53 bits per heavy atom. The number of carbonyl (C=O) groups is 2. The number of aromatic nitrogens is 4. The first kappa shape index (κ1) is 33.3. The van der Waals surface area contributed by atoms with E-state index in [2.05, 4.69) is 15.4 Å². The fraction of sp³-hybridized carbons (Fsp3) is 0.516. The molecule has 47 heavy (non-hydrogen) atoms. The lowest BCUT2D eigenvalue weighted by Gasteiger charge is -2.39. The largest absolute Gasteiger partial charge is 0.444 e. The van der Waals surface area contributed by atoms with Crippen molar-refractivity contribution in [3.05, 3.63) is 62.3 Å². The van der Waals surface area contributed by atoms with Crippen molar-refractivity contribution in [3.63, 3.8) is 0 Å². The Labute approximate surface area is 277 Å². The van der Waals surface area contributed by atoms with Gasteiger partial charge in [-0.25, -0.2) is 4.79 Å². The van der Waals surface area contributed by atoms with Crippen LogP contribution in [0.3, 0.4) is 0 Å². The zero-order valence-electron chi connectivity index (χ0n) is 25.9. The first-order valence-electron chi connectivity index (χ1n) is 15.2. The molecule has 3 aliphatic rings. The minimum Gasteiger partial charge on any atom is -0.444 e. The van der Waals surface area contributed by atoms with Gasteiger partial charge in [0.2, 0.25) is 11.7 Å². The second kappa shape index (κ2) is 12.1. The minimum absolute atomic E-state index is 0.0127. The van der Waals surface area contributed by atoms with Crippen molar-refractivity contribution in [1.82, 2.24) is 24.1 Å². The first-order chi connectivity index (χ1) is 22.1. The first-order valence-corrected chi connectivity index (χ1v) is 16.0. The number of halogens is 5. The summed E-state index contributed by atoms with van der Waals surface area (Å²) in [6, 6.07) is 2.64. The van der Waals surface area contributed by atoms with Gasteiger partial charge in [-0.2, -0.15) is 22.7 Å². The summed E-state index contributed by atoms with van der Waals surface area (Å²) in [4.78, 5) is 46.8. The van der Waals surface area contributed by atoms with Crippen molar-refractivity contribution >= 4 is 52.2 Å². The zero-order valence-corrected chi connectivity index (χ0v) is 27.4. The zero-order chi connectivity index (χ0) is 33.9. The van der Waals surface area contributed by atoms with E-state index in [0.717, 1.165) is 23.8 Å². The van der Waals surface area contributed by atoms with Crippen LogP contribution in [0.5, 0.6) is 0 Å². The maximum absolute atomic E-state index is 14.3. The molecule has 1 N–H and O–H groups in total. The number of carbonyl (C=O) groups excluding carboxylic acids is 2. The highest BCUT2D eigenvalue weighted by Gasteiger charge is 2.50. The SMILES string of the molecule is CC(C)(C)OC(=O)N1CCC2(CC1)CC(Cl)c1c2c(=O)n2nc(C3=CCOCC3)nc2n1CC(=O)Nc1ccc(C(F)(F)F)cc1Cl. The predicted molar refractivity (Wildman–Crippen MR) is 168 cm³/mol. The Bertz CT molecular complexity index is 1840. The Hall–Kier alpha value is -3.62. The minimum atomic E-state index is -4.60. The van der Waals surface area contributed by atoms with Crippen LogP contribution in [0.2, 0.25) is 5.02 Å². The van der Waals surface area contributed by atoms with E-state index in [-0.39, 0.29) is 23.0 Å². The van der Waals surface area contributed by atoms with Gasteiger partial charge in [0, 0.05) is 29.8 Å². The van der Waals surface area contributed by atoms with Gasteiger partial charge >= 0.3 is 12.3 Å². The number of nitrogens with one attached hydrogen (secondary N) is 1. The lowest BCUT2D eigenvalue weighted by Crippen LogP contribution is -2.48. The number of rotatable bonds is 4. The summed E-state index contributed by atoms with van der Waals surface area (Å²) in [6.45, 7) is 6.48. The molecule has 1 atom stereocenters. The summed E-state index contributed by atoms with van der Waals surface area (Å²) in [6.07, 6.45) is -1.44. The third-order valence-electron chi connectivity index (χ3n) is 8.68. The maximum atomic E-state index is 14.3. The van der Waals surface area contributed by atoms with Crippen LogP contribution in [-0.2, 0) is 32.4 Å². The van der Waals surface area contributed by atoms with Crippen LogP contribution in [0.4, 0.5) is 23.7 Å². The second-order valence-corrected chi connectivity index (χ2v) is 13.9. The average molecular weight is 698 g/mol. The third-order valence-corrected chi connectivity index (χ3v) is 9.35. The van der Waals surface area contributed by atoms with Crippen molar-refractivity contribution in [3.8, 4) is 0 Å². The van der Waals surface area contributed by atoms with E-state index in [1.807, 2.05) is 6.08 Å². The Kier molecular flexibility index (Phi) is 8.58. The predicted octanol–water partition coefficient (Wildman–Crippen LogP) is 5.96. The summed E-state index contributed by atoms with van der Waals surface area (Å²) in [7, 11) is 0. The fourth-order valence-corrected chi connectivity index (χ4v) is 7.24. The van der Waals surface area contributed by atoms with Gasteiger partial charge in [0.1, 0.15) is 12.1 Å². The van der Waals surface area contributed by atoms with E-state index >= 15 is 0 Å². The van der Waals surface area contributed by atoms with Gasteiger partial charge in [-0.05, 0) is 70.2 Å². The second-order valence-electron chi connectivity index (χ2n) is 13.0. The van der Waals surface area contributed by atoms with E-state index in [4.69, 9.17) is 32.7 Å². The molecule has 2 aliphatic heterocycles. The molecule has 252 valence electrons. The number of amides is 2. The molecule has 0 saturated carbocycles. The van der Waals surface area contributed by atoms with Crippen LogP contribution in [0.25, 0.3) is 11.4 Å². The number of nitrogens with zero attached hydrogens (tertiary/aromatic N) is 5. The lowest BCUT2D eigenvalue weighted by molar-refractivity contribution is -0.137. The van der Waals surface area contributed by atoms with Crippen LogP contribution < -0.4 is 10.9 Å². The molecule has 1 aliphatic carbocycles. The number of fused-ring (bicyclic) bond motifs is 3. The van der Waals surface area contributed by atoms with Gasteiger partial charge in [-0.3, -0.25) is 9.59 Å². The topological polar surface area (TPSA) is 120 Å². The number of ether oxygens (including phenoxy) is 2. The fourth-order valence-electron chi connectivity index (χ4n) is 6.49. The summed E-state index contributed by atoms with van der Waals surface area (Å²) >= 11 is 13.1. The van der Waals surface area contributed by atoms with Gasteiger partial charge in [0.15, 0.2) is 5.82 Å². The van der Waals surface area contributed by atoms with Gasteiger partial charge in [-0.1, -0.05) is 17.7 Å². The number of benzene rings is 1. The molecular weight excluding hydrogens is 664 g/mol. The lowest BCUT2D eigenvalue weighted by atomic mass is 9.74. The molecule has 6 rings (SSSR count). The van der Waals surface area contributed by atoms with E-state index in [1.54, 1.807) is 30.2 Å². The quantitative estimate of drug-likeness (QED) is 0.335. The number of alkyl halides is 4. The number of hydrogen-bond donors (Lipinski definition) is 1. The van der Waals surface area contributed by atoms with Crippen molar-refractivity contribution in [1.29, 1.82) is 0 Å². The molecule has 3 aromatic rings. The summed E-state index contributed by atoms with van der Waals surface area (Å²) in [5.41, 5.74) is -1.12. The van der Waals surface area contributed by atoms with Crippen LogP contribution in [0, 0.1) is 0 Å². The Morgan fingerprint density at radius 2 is 1.91 bits per heavy atom. The molecule has 2 aromatic heterocycles. The number of anilines is 1. The molecule has 1 aromatic carbocycles. The summed E-state index contributed by atoms with van der Waals surface area (Å²) in [5, 5.41) is 6.17. The molecule has 1 fully saturated rings. The maximum Gasteiger partial charge on any atom is 0.416 e. The smallest absolute Gasteiger partial charge is 0.416 e. The summed E-state index contributed by atoms with van der Waals surface area (Å²) < 4.78 is 53.2.